The van der Waals surface area contributed by atoms with Crippen LogP contribution >= 0.6 is 11.8 Å². The van der Waals surface area contributed by atoms with E-state index in [1.54, 1.807) is 25.1 Å². The maximum atomic E-state index is 5.84. The van der Waals surface area contributed by atoms with E-state index in [2.05, 4.69) is 14.8 Å². The van der Waals surface area contributed by atoms with Crippen LogP contribution < -0.4 is 9.47 Å². The van der Waals surface area contributed by atoms with Crippen LogP contribution in [0.5, 0.6) is 11.5 Å². The Hall–Kier alpha value is -2.41. The van der Waals surface area contributed by atoms with Gasteiger partial charge in [-0.1, -0.05) is 31.0 Å². The predicted molar refractivity (Wildman–Crippen MR) is 109 cm³/mol. The fraction of sp³-hybridized carbons (Fsp3) is 0.429. The lowest BCUT2D eigenvalue weighted by molar-refractivity contribution is 0.335. The van der Waals surface area contributed by atoms with E-state index in [9.17, 15) is 0 Å². The van der Waals surface area contributed by atoms with Crippen molar-refractivity contribution in [3.8, 4) is 23.1 Å². The summed E-state index contributed by atoms with van der Waals surface area (Å²) in [6, 6.07) is 11.9. The molecule has 6 nitrogen and oxygen atoms in total. The SMILES string of the molecule is COc1ccc(OCCSc2nnc(-c3ccco3)n2C2CCCCC2)cc1. The minimum atomic E-state index is 0.439. The molecule has 148 valence electrons. The minimum Gasteiger partial charge on any atom is -0.497 e. The fourth-order valence-electron chi connectivity index (χ4n) is 3.58. The molecule has 28 heavy (non-hydrogen) atoms. The second-order valence-corrected chi connectivity index (χ2v) is 7.88. The molecule has 1 aromatic carbocycles. The topological polar surface area (TPSA) is 62.3 Å². The van der Waals surface area contributed by atoms with Crippen LogP contribution in [0.2, 0.25) is 0 Å². The van der Waals surface area contributed by atoms with E-state index in [1.165, 1.54) is 32.1 Å². The van der Waals surface area contributed by atoms with Gasteiger partial charge in [0.25, 0.3) is 0 Å². The molecule has 0 amide bonds. The van der Waals surface area contributed by atoms with Gasteiger partial charge in [-0.15, -0.1) is 10.2 Å². The number of aromatic nitrogens is 3. The highest BCUT2D eigenvalue weighted by Crippen LogP contribution is 2.35. The molecule has 1 saturated carbocycles. The van der Waals surface area contributed by atoms with Gasteiger partial charge in [0.05, 0.1) is 20.0 Å². The van der Waals surface area contributed by atoms with Gasteiger partial charge in [0.15, 0.2) is 10.9 Å². The summed E-state index contributed by atoms with van der Waals surface area (Å²) in [7, 11) is 1.66. The molecule has 0 atom stereocenters. The molecule has 0 spiro atoms. The van der Waals surface area contributed by atoms with Gasteiger partial charge < -0.3 is 13.9 Å². The third-order valence-corrected chi connectivity index (χ3v) is 5.90. The molecule has 0 saturated heterocycles. The van der Waals surface area contributed by atoms with Crippen LogP contribution in [0.4, 0.5) is 0 Å². The first kappa shape index (κ1) is 18.9. The summed E-state index contributed by atoms with van der Waals surface area (Å²) in [5, 5.41) is 9.83. The Kier molecular flexibility index (Phi) is 6.21. The first-order valence-corrected chi connectivity index (χ1v) is 10.7. The molecule has 4 rings (SSSR count). The lowest BCUT2D eigenvalue weighted by atomic mass is 9.95. The summed E-state index contributed by atoms with van der Waals surface area (Å²) in [4.78, 5) is 0. The molecule has 1 aliphatic rings. The normalized spacial score (nSPS) is 14.9. The number of nitrogens with zero attached hydrogens (tertiary/aromatic N) is 3. The van der Waals surface area contributed by atoms with E-state index in [-0.39, 0.29) is 0 Å². The summed E-state index contributed by atoms with van der Waals surface area (Å²) < 4.78 is 18.9. The quantitative estimate of drug-likeness (QED) is 0.382. The van der Waals surface area contributed by atoms with E-state index in [4.69, 9.17) is 13.9 Å². The van der Waals surface area contributed by atoms with Crippen LogP contribution in [0, 0.1) is 0 Å². The maximum Gasteiger partial charge on any atom is 0.200 e. The first-order chi connectivity index (χ1) is 13.8. The lowest BCUT2D eigenvalue weighted by Crippen LogP contribution is -2.15. The van der Waals surface area contributed by atoms with Crippen LogP contribution in [0.25, 0.3) is 11.6 Å². The van der Waals surface area contributed by atoms with Crippen molar-refractivity contribution in [1.82, 2.24) is 14.8 Å². The fourth-order valence-corrected chi connectivity index (χ4v) is 4.40. The Balaban J connectivity index is 1.42. The van der Waals surface area contributed by atoms with E-state index >= 15 is 0 Å². The van der Waals surface area contributed by atoms with Crippen LogP contribution in [-0.2, 0) is 0 Å². The van der Waals surface area contributed by atoms with Crippen LogP contribution in [0.15, 0.2) is 52.2 Å². The van der Waals surface area contributed by atoms with Gasteiger partial charge in [0, 0.05) is 11.8 Å². The molecule has 2 aromatic heterocycles. The highest BCUT2D eigenvalue weighted by atomic mass is 32.2. The van der Waals surface area contributed by atoms with E-state index in [0.717, 1.165) is 34.0 Å². The summed E-state index contributed by atoms with van der Waals surface area (Å²) >= 11 is 1.68. The monoisotopic (exact) mass is 399 g/mol. The lowest BCUT2D eigenvalue weighted by Gasteiger charge is -2.25. The standard InChI is InChI=1S/C21H25N3O3S/c1-25-17-9-11-18(12-10-17)26-14-15-28-21-23-22-20(19-8-5-13-27-19)24(21)16-6-3-2-4-7-16/h5,8-13,16H,2-4,6-7,14-15H2,1H3. The molecule has 2 heterocycles. The van der Waals surface area contributed by atoms with Crippen LogP contribution in [0.3, 0.4) is 0 Å². The molecule has 7 heteroatoms. The van der Waals surface area contributed by atoms with Crippen molar-refractivity contribution in [3.05, 3.63) is 42.7 Å². The number of rotatable bonds is 8. The average Bonchev–Trinajstić information content (AvgIpc) is 3.42. The predicted octanol–water partition coefficient (Wildman–Crippen LogP) is 5.22. The highest BCUT2D eigenvalue weighted by molar-refractivity contribution is 7.99. The van der Waals surface area contributed by atoms with Crippen LogP contribution in [-0.4, -0.2) is 34.2 Å². The molecule has 1 fully saturated rings. The number of hydrogen-bond acceptors (Lipinski definition) is 6. The Bertz CT molecular complexity index is 856. The van der Waals surface area contributed by atoms with Gasteiger partial charge in [0.2, 0.25) is 5.82 Å². The maximum absolute atomic E-state index is 5.84. The van der Waals surface area contributed by atoms with Gasteiger partial charge in [0.1, 0.15) is 11.5 Å². The largest absolute Gasteiger partial charge is 0.497 e. The molecule has 0 bridgehead atoms. The third kappa shape index (κ3) is 4.35. The van der Waals surface area contributed by atoms with Gasteiger partial charge in [-0.2, -0.15) is 0 Å². The van der Waals surface area contributed by atoms with Gasteiger partial charge in [-0.3, -0.25) is 4.57 Å². The summed E-state index contributed by atoms with van der Waals surface area (Å²) in [6.07, 6.45) is 7.84. The zero-order valence-electron chi connectivity index (χ0n) is 16.0. The number of methoxy groups -OCH3 is 1. The molecular formula is C21H25N3O3S. The smallest absolute Gasteiger partial charge is 0.200 e. The Morgan fingerprint density at radius 3 is 2.57 bits per heavy atom. The summed E-state index contributed by atoms with van der Waals surface area (Å²) in [6.45, 7) is 0.602. The van der Waals surface area contributed by atoms with Crippen molar-refractivity contribution < 1.29 is 13.9 Å². The van der Waals surface area contributed by atoms with Crippen molar-refractivity contribution in [1.29, 1.82) is 0 Å². The van der Waals surface area contributed by atoms with Crippen molar-refractivity contribution in [2.24, 2.45) is 0 Å². The third-order valence-electron chi connectivity index (χ3n) is 4.99. The second kappa shape index (κ2) is 9.19. The van der Waals surface area contributed by atoms with Gasteiger partial charge >= 0.3 is 0 Å². The molecule has 0 unspecified atom stereocenters. The van der Waals surface area contributed by atoms with Gasteiger partial charge in [-0.25, -0.2) is 0 Å². The van der Waals surface area contributed by atoms with Crippen molar-refractivity contribution in [3.63, 3.8) is 0 Å². The first-order valence-electron chi connectivity index (χ1n) is 9.73. The number of thioether (sulfide) groups is 1. The molecule has 0 aliphatic heterocycles. The minimum absolute atomic E-state index is 0.439. The number of benzene rings is 1. The average molecular weight is 400 g/mol. The molecule has 1 aliphatic carbocycles. The van der Waals surface area contributed by atoms with Gasteiger partial charge in [-0.05, 0) is 49.2 Å². The van der Waals surface area contributed by atoms with E-state index in [1.807, 2.05) is 36.4 Å². The Morgan fingerprint density at radius 1 is 1.07 bits per heavy atom. The van der Waals surface area contributed by atoms with Crippen LogP contribution in [0.1, 0.15) is 38.1 Å². The van der Waals surface area contributed by atoms with Crippen molar-refractivity contribution in [2.75, 3.05) is 19.5 Å². The molecular weight excluding hydrogens is 374 g/mol. The number of furan rings is 1. The molecule has 0 radical (unpaired) electrons. The number of hydrogen-bond donors (Lipinski definition) is 0. The summed E-state index contributed by atoms with van der Waals surface area (Å²) in [5.74, 6) is 4.07. The van der Waals surface area contributed by atoms with Crippen molar-refractivity contribution in [2.45, 2.75) is 43.3 Å². The zero-order valence-corrected chi connectivity index (χ0v) is 16.9. The molecule has 0 N–H and O–H groups in total. The van der Waals surface area contributed by atoms with E-state index < -0.39 is 0 Å². The zero-order chi connectivity index (χ0) is 19.2. The molecule has 3 aromatic rings. The Morgan fingerprint density at radius 2 is 1.86 bits per heavy atom. The Labute approximate surface area is 169 Å². The van der Waals surface area contributed by atoms with Crippen molar-refractivity contribution >= 4 is 11.8 Å². The summed E-state index contributed by atoms with van der Waals surface area (Å²) in [5.41, 5.74) is 0. The van der Waals surface area contributed by atoms with E-state index in [0.29, 0.717) is 12.6 Å². The number of ether oxygens (including phenoxy) is 2. The second-order valence-electron chi connectivity index (χ2n) is 6.82. The highest BCUT2D eigenvalue weighted by Gasteiger charge is 2.24.